The van der Waals surface area contributed by atoms with E-state index in [1.165, 1.54) is 7.11 Å². The predicted octanol–water partition coefficient (Wildman–Crippen LogP) is 1.32. The topological polar surface area (TPSA) is 34.5 Å². The molecule has 0 bridgehead atoms. The summed E-state index contributed by atoms with van der Waals surface area (Å²) in [6, 6.07) is 0. The molecule has 1 rings (SSSR count). The second-order valence-electron chi connectivity index (χ2n) is 1.65. The quantitative estimate of drug-likeness (QED) is 0.488. The van der Waals surface area contributed by atoms with Crippen molar-refractivity contribution in [1.29, 1.82) is 0 Å². The van der Waals surface area contributed by atoms with E-state index in [1.54, 1.807) is 23.1 Å². The van der Waals surface area contributed by atoms with Crippen LogP contribution in [0.2, 0.25) is 0 Å². The van der Waals surface area contributed by atoms with Crippen molar-refractivity contribution in [3.05, 3.63) is 16.6 Å². The van der Waals surface area contributed by atoms with Gasteiger partial charge in [-0.3, -0.25) is 0 Å². The molecule has 0 spiro atoms. The number of hydrogen-bond donors (Lipinski definition) is 0. The molecule has 0 aliphatic carbocycles. The number of hydrogen-bond acceptors (Lipinski definition) is 4. The van der Waals surface area contributed by atoms with E-state index in [1.807, 2.05) is 5.38 Å². The van der Waals surface area contributed by atoms with E-state index in [4.69, 9.17) is 0 Å². The van der Waals surface area contributed by atoms with Gasteiger partial charge in [-0.15, -0.1) is 11.3 Å². The summed E-state index contributed by atoms with van der Waals surface area (Å²) in [6.07, 6.45) is 2.44. The molecule has 0 aliphatic rings. The van der Waals surface area contributed by atoms with E-state index in [0.29, 0.717) is 0 Å². The summed E-state index contributed by atoms with van der Waals surface area (Å²) in [7, 11) is 1.53. The van der Waals surface area contributed by atoms with Crippen LogP contribution in [0.1, 0.15) is 5.69 Å². The average molecular weight is 156 g/mol. The highest BCUT2D eigenvalue weighted by Gasteiger charge is 1.88. The van der Waals surface area contributed by atoms with Crippen molar-refractivity contribution in [2.75, 3.05) is 7.11 Å². The molecule has 1 aromatic heterocycles. The van der Waals surface area contributed by atoms with E-state index >= 15 is 0 Å². The lowest BCUT2D eigenvalue weighted by molar-refractivity contribution is 0.215. The van der Waals surface area contributed by atoms with Gasteiger partial charge in [-0.1, -0.05) is 5.16 Å². The molecule has 1 heterocycles. The zero-order chi connectivity index (χ0) is 7.23. The third kappa shape index (κ3) is 2.14. The van der Waals surface area contributed by atoms with Gasteiger partial charge in [-0.25, -0.2) is 4.98 Å². The number of aromatic nitrogens is 1. The van der Waals surface area contributed by atoms with Crippen LogP contribution in [0, 0.1) is 0 Å². The van der Waals surface area contributed by atoms with Crippen molar-refractivity contribution in [2.45, 2.75) is 6.42 Å². The van der Waals surface area contributed by atoms with Crippen LogP contribution in [-0.4, -0.2) is 18.3 Å². The molecule has 0 fully saturated rings. The Labute approximate surface area is 63.3 Å². The molecule has 0 N–H and O–H groups in total. The van der Waals surface area contributed by atoms with Gasteiger partial charge >= 0.3 is 0 Å². The lowest BCUT2D eigenvalue weighted by Crippen LogP contribution is -1.85. The minimum atomic E-state index is 0.747. The van der Waals surface area contributed by atoms with Gasteiger partial charge in [0.2, 0.25) is 0 Å². The van der Waals surface area contributed by atoms with Crippen molar-refractivity contribution in [1.82, 2.24) is 4.98 Å². The number of rotatable bonds is 3. The van der Waals surface area contributed by atoms with Crippen LogP contribution < -0.4 is 0 Å². The Morgan fingerprint density at radius 2 is 2.80 bits per heavy atom. The first-order valence-corrected chi connectivity index (χ1v) is 3.80. The van der Waals surface area contributed by atoms with Gasteiger partial charge in [0, 0.05) is 18.0 Å². The maximum atomic E-state index is 4.49. The molecule has 4 heteroatoms. The van der Waals surface area contributed by atoms with E-state index < -0.39 is 0 Å². The Morgan fingerprint density at radius 1 is 1.90 bits per heavy atom. The lowest BCUT2D eigenvalue weighted by Gasteiger charge is -1.84. The van der Waals surface area contributed by atoms with E-state index in [0.717, 1.165) is 12.1 Å². The number of oxime groups is 1. The number of thiazole rings is 1. The Kier molecular flexibility index (Phi) is 2.89. The lowest BCUT2D eigenvalue weighted by atomic mass is 10.4. The summed E-state index contributed by atoms with van der Waals surface area (Å²) in [5.74, 6) is 0. The zero-order valence-corrected chi connectivity index (χ0v) is 6.47. The Hall–Kier alpha value is -0.900. The van der Waals surface area contributed by atoms with E-state index in [-0.39, 0.29) is 0 Å². The van der Waals surface area contributed by atoms with Gasteiger partial charge in [0.15, 0.2) is 0 Å². The van der Waals surface area contributed by atoms with Gasteiger partial charge < -0.3 is 4.84 Å². The molecule has 0 aliphatic heterocycles. The molecule has 0 amide bonds. The SMILES string of the molecule is CON=CCc1cscn1. The molecular formula is C6H8N2OS. The fourth-order valence-electron chi connectivity index (χ4n) is 0.544. The average Bonchev–Trinajstić information content (AvgIpc) is 2.41. The molecule has 0 unspecified atom stereocenters. The molecule has 0 atom stereocenters. The normalized spacial score (nSPS) is 10.5. The van der Waals surface area contributed by atoms with Crippen LogP contribution in [0.4, 0.5) is 0 Å². The van der Waals surface area contributed by atoms with Crippen molar-refractivity contribution in [3.8, 4) is 0 Å². The monoisotopic (exact) mass is 156 g/mol. The van der Waals surface area contributed by atoms with Crippen molar-refractivity contribution in [2.24, 2.45) is 5.16 Å². The minimum absolute atomic E-state index is 0.747. The molecule has 0 saturated carbocycles. The summed E-state index contributed by atoms with van der Waals surface area (Å²) in [4.78, 5) is 8.54. The summed E-state index contributed by atoms with van der Waals surface area (Å²) < 4.78 is 0. The Bertz CT molecular complexity index is 196. The first-order chi connectivity index (χ1) is 4.93. The first kappa shape index (κ1) is 7.21. The van der Waals surface area contributed by atoms with Gasteiger partial charge in [0.25, 0.3) is 0 Å². The predicted molar refractivity (Wildman–Crippen MR) is 41.3 cm³/mol. The highest BCUT2D eigenvalue weighted by Crippen LogP contribution is 1.99. The van der Waals surface area contributed by atoms with Gasteiger partial charge in [-0.05, 0) is 0 Å². The molecule has 0 radical (unpaired) electrons. The van der Waals surface area contributed by atoms with Crippen LogP contribution in [0.15, 0.2) is 16.0 Å². The van der Waals surface area contributed by atoms with Crippen molar-refractivity contribution in [3.63, 3.8) is 0 Å². The van der Waals surface area contributed by atoms with Crippen LogP contribution in [0.3, 0.4) is 0 Å². The maximum absolute atomic E-state index is 4.49. The molecule has 0 aromatic carbocycles. The Morgan fingerprint density at radius 3 is 3.40 bits per heavy atom. The van der Waals surface area contributed by atoms with E-state index in [9.17, 15) is 0 Å². The summed E-state index contributed by atoms with van der Waals surface area (Å²) in [6.45, 7) is 0. The summed E-state index contributed by atoms with van der Waals surface area (Å²) >= 11 is 1.58. The van der Waals surface area contributed by atoms with Gasteiger partial charge in [-0.2, -0.15) is 0 Å². The van der Waals surface area contributed by atoms with E-state index in [2.05, 4.69) is 15.0 Å². The third-order valence-electron chi connectivity index (χ3n) is 0.964. The summed E-state index contributed by atoms with van der Waals surface area (Å²) in [5.41, 5.74) is 2.83. The fraction of sp³-hybridized carbons (Fsp3) is 0.333. The molecule has 54 valence electrons. The second-order valence-corrected chi connectivity index (χ2v) is 2.37. The summed E-state index contributed by atoms with van der Waals surface area (Å²) in [5, 5.41) is 5.57. The molecule has 1 aromatic rings. The van der Waals surface area contributed by atoms with Crippen LogP contribution in [-0.2, 0) is 11.3 Å². The highest BCUT2D eigenvalue weighted by molar-refractivity contribution is 7.07. The zero-order valence-electron chi connectivity index (χ0n) is 5.65. The van der Waals surface area contributed by atoms with Gasteiger partial charge in [0.1, 0.15) is 7.11 Å². The molecule has 10 heavy (non-hydrogen) atoms. The maximum Gasteiger partial charge on any atom is 0.106 e. The molecule has 3 nitrogen and oxygen atoms in total. The fourth-order valence-corrected chi connectivity index (χ4v) is 1.11. The standard InChI is InChI=1S/C6H8N2OS/c1-9-8-3-2-6-4-10-5-7-6/h3-5H,2H2,1H3. The number of nitrogens with zero attached hydrogens (tertiary/aromatic N) is 2. The highest BCUT2D eigenvalue weighted by atomic mass is 32.1. The van der Waals surface area contributed by atoms with Crippen molar-refractivity contribution >= 4 is 17.6 Å². The van der Waals surface area contributed by atoms with Crippen molar-refractivity contribution < 1.29 is 4.84 Å². The van der Waals surface area contributed by atoms with Crippen LogP contribution in [0.5, 0.6) is 0 Å². The largest absolute Gasteiger partial charge is 0.399 e. The molecular weight excluding hydrogens is 148 g/mol. The van der Waals surface area contributed by atoms with Crippen LogP contribution in [0.25, 0.3) is 0 Å². The molecule has 0 saturated heterocycles. The van der Waals surface area contributed by atoms with Crippen LogP contribution >= 0.6 is 11.3 Å². The van der Waals surface area contributed by atoms with Gasteiger partial charge in [0.05, 0.1) is 11.2 Å². The third-order valence-corrected chi connectivity index (χ3v) is 1.60. The first-order valence-electron chi connectivity index (χ1n) is 2.85. The second kappa shape index (κ2) is 4.00. The Balaban J connectivity index is 2.34. The minimum Gasteiger partial charge on any atom is -0.399 e. The smallest absolute Gasteiger partial charge is 0.106 e.